The van der Waals surface area contributed by atoms with E-state index in [2.05, 4.69) is 42.8 Å². The zero-order valence-electron chi connectivity index (χ0n) is 12.7. The molecule has 0 fully saturated rings. The minimum absolute atomic E-state index is 0.0726. The predicted octanol–water partition coefficient (Wildman–Crippen LogP) is 5.20. The van der Waals surface area contributed by atoms with Gasteiger partial charge in [0, 0.05) is 4.47 Å². The van der Waals surface area contributed by atoms with E-state index in [0.717, 1.165) is 16.0 Å². The Hall–Kier alpha value is -1.48. The van der Waals surface area contributed by atoms with E-state index in [9.17, 15) is 0 Å². The van der Waals surface area contributed by atoms with Gasteiger partial charge in [0.2, 0.25) is 0 Å². The third kappa shape index (κ3) is 4.78. The lowest BCUT2D eigenvalue weighted by molar-refractivity contribution is 0.214. The molecule has 2 rings (SSSR count). The molecule has 3 heteroatoms. The number of halogens is 1. The molecule has 112 valence electrons. The topological polar surface area (TPSA) is 18.5 Å². The van der Waals surface area contributed by atoms with E-state index < -0.39 is 0 Å². The Morgan fingerprint density at radius 3 is 2.14 bits per heavy atom. The Balaban J connectivity index is 1.88. The molecule has 2 aromatic carbocycles. The van der Waals surface area contributed by atoms with Gasteiger partial charge in [0.05, 0.1) is 0 Å². The fourth-order valence-corrected chi connectivity index (χ4v) is 2.32. The lowest BCUT2D eigenvalue weighted by Gasteiger charge is -2.22. The normalized spacial score (nSPS) is 11.2. The van der Waals surface area contributed by atoms with Crippen LogP contribution in [0.3, 0.4) is 0 Å². The molecule has 0 aromatic heterocycles. The van der Waals surface area contributed by atoms with Gasteiger partial charge in [-0.05, 0) is 41.3 Å². The number of para-hydroxylation sites is 1. The van der Waals surface area contributed by atoms with Gasteiger partial charge in [-0.25, -0.2) is 0 Å². The minimum atomic E-state index is 0.0726. The highest BCUT2D eigenvalue weighted by molar-refractivity contribution is 9.10. The Labute approximate surface area is 135 Å². The highest BCUT2D eigenvalue weighted by atomic mass is 79.9. The molecule has 0 atom stereocenters. The number of benzene rings is 2. The van der Waals surface area contributed by atoms with Crippen molar-refractivity contribution >= 4 is 15.9 Å². The zero-order valence-corrected chi connectivity index (χ0v) is 14.3. The molecular weight excluding hydrogens is 328 g/mol. The van der Waals surface area contributed by atoms with Gasteiger partial charge in [-0.2, -0.15) is 0 Å². The molecule has 0 unspecified atom stereocenters. The molecule has 0 aliphatic heterocycles. The maximum absolute atomic E-state index is 5.87. The van der Waals surface area contributed by atoms with Crippen LogP contribution >= 0.6 is 15.9 Å². The van der Waals surface area contributed by atoms with Crippen molar-refractivity contribution in [3.63, 3.8) is 0 Å². The summed E-state index contributed by atoms with van der Waals surface area (Å²) in [6, 6.07) is 16.0. The molecule has 0 heterocycles. The average Bonchev–Trinajstić information content (AvgIpc) is 2.45. The largest absolute Gasteiger partial charge is 0.490 e. The van der Waals surface area contributed by atoms with Crippen molar-refractivity contribution in [1.29, 1.82) is 0 Å². The minimum Gasteiger partial charge on any atom is -0.490 e. The van der Waals surface area contributed by atoms with Crippen molar-refractivity contribution < 1.29 is 9.47 Å². The van der Waals surface area contributed by atoms with E-state index in [1.54, 1.807) is 0 Å². The van der Waals surface area contributed by atoms with Gasteiger partial charge in [-0.1, -0.05) is 54.9 Å². The fraction of sp³-hybridized carbons (Fsp3) is 0.333. The number of rotatable bonds is 5. The second kappa shape index (κ2) is 6.99. The van der Waals surface area contributed by atoms with Crippen molar-refractivity contribution in [1.82, 2.24) is 0 Å². The first-order valence-corrected chi connectivity index (χ1v) is 7.87. The second-order valence-corrected chi connectivity index (χ2v) is 6.81. The van der Waals surface area contributed by atoms with Crippen LogP contribution in [-0.2, 0) is 5.41 Å². The maximum atomic E-state index is 5.87. The maximum Gasteiger partial charge on any atom is 0.123 e. The van der Waals surface area contributed by atoms with Crippen LogP contribution in [0.15, 0.2) is 53.0 Å². The molecule has 0 spiro atoms. The van der Waals surface area contributed by atoms with Crippen LogP contribution < -0.4 is 9.47 Å². The first kappa shape index (κ1) is 15.9. The van der Waals surface area contributed by atoms with E-state index in [-0.39, 0.29) is 5.41 Å². The van der Waals surface area contributed by atoms with Crippen LogP contribution in [0.25, 0.3) is 0 Å². The Morgan fingerprint density at radius 2 is 1.48 bits per heavy atom. The zero-order chi connectivity index (χ0) is 15.3. The molecule has 21 heavy (non-hydrogen) atoms. The molecule has 0 bridgehead atoms. The van der Waals surface area contributed by atoms with E-state index >= 15 is 0 Å². The first-order chi connectivity index (χ1) is 9.97. The van der Waals surface area contributed by atoms with E-state index in [1.807, 2.05) is 42.5 Å². The van der Waals surface area contributed by atoms with E-state index in [1.165, 1.54) is 5.56 Å². The summed E-state index contributed by atoms with van der Waals surface area (Å²) in [5, 5.41) is 0. The number of hydrogen-bond acceptors (Lipinski definition) is 2. The highest BCUT2D eigenvalue weighted by Crippen LogP contribution is 2.30. The monoisotopic (exact) mass is 348 g/mol. The molecule has 0 aliphatic rings. The third-order valence-electron chi connectivity index (χ3n) is 3.12. The lowest BCUT2D eigenvalue weighted by Crippen LogP contribution is -2.15. The second-order valence-electron chi connectivity index (χ2n) is 5.90. The van der Waals surface area contributed by atoms with Crippen LogP contribution in [0.4, 0.5) is 0 Å². The van der Waals surface area contributed by atoms with Crippen LogP contribution in [0, 0.1) is 0 Å². The van der Waals surface area contributed by atoms with Crippen molar-refractivity contribution in [2.24, 2.45) is 0 Å². The predicted molar refractivity (Wildman–Crippen MR) is 90.3 cm³/mol. The molecule has 2 aromatic rings. The first-order valence-electron chi connectivity index (χ1n) is 7.07. The van der Waals surface area contributed by atoms with Gasteiger partial charge >= 0.3 is 0 Å². The van der Waals surface area contributed by atoms with Crippen LogP contribution in [0.1, 0.15) is 26.3 Å². The van der Waals surface area contributed by atoms with Gasteiger partial charge in [0.25, 0.3) is 0 Å². The van der Waals surface area contributed by atoms with Crippen LogP contribution in [0.5, 0.6) is 11.5 Å². The van der Waals surface area contributed by atoms with Crippen LogP contribution in [-0.4, -0.2) is 13.2 Å². The van der Waals surface area contributed by atoms with E-state index in [0.29, 0.717) is 13.2 Å². The van der Waals surface area contributed by atoms with E-state index in [4.69, 9.17) is 9.47 Å². The van der Waals surface area contributed by atoms with Gasteiger partial charge < -0.3 is 9.47 Å². The number of ether oxygens (including phenoxy) is 2. The molecular formula is C18H21BrO2. The van der Waals surface area contributed by atoms with Gasteiger partial charge in [0.15, 0.2) is 0 Å². The summed E-state index contributed by atoms with van der Waals surface area (Å²) >= 11 is 3.40. The molecule has 0 amide bonds. The molecule has 0 radical (unpaired) electrons. The van der Waals surface area contributed by atoms with Gasteiger partial charge in [-0.15, -0.1) is 0 Å². The number of hydrogen-bond donors (Lipinski definition) is 0. The summed E-state index contributed by atoms with van der Waals surface area (Å²) in [5.41, 5.74) is 1.29. The SMILES string of the molecule is CC(C)(C)c1ccccc1OCCOc1ccc(Br)cc1. The molecule has 0 saturated heterocycles. The molecule has 0 aliphatic carbocycles. The third-order valence-corrected chi connectivity index (χ3v) is 3.65. The summed E-state index contributed by atoms with van der Waals surface area (Å²) in [5.74, 6) is 1.79. The average molecular weight is 349 g/mol. The summed E-state index contributed by atoms with van der Waals surface area (Å²) in [4.78, 5) is 0. The van der Waals surface area contributed by atoms with Crippen LogP contribution in [0.2, 0.25) is 0 Å². The van der Waals surface area contributed by atoms with Crippen molar-refractivity contribution in [3.8, 4) is 11.5 Å². The summed E-state index contributed by atoms with van der Waals surface area (Å²) in [7, 11) is 0. The summed E-state index contributed by atoms with van der Waals surface area (Å²) in [6.45, 7) is 7.62. The standard InChI is InChI=1S/C18H21BrO2/c1-18(2,3)16-6-4-5-7-17(16)21-13-12-20-15-10-8-14(19)9-11-15/h4-11H,12-13H2,1-3H3. The quantitative estimate of drug-likeness (QED) is 0.691. The lowest BCUT2D eigenvalue weighted by atomic mass is 9.86. The highest BCUT2D eigenvalue weighted by Gasteiger charge is 2.18. The van der Waals surface area contributed by atoms with Crippen molar-refractivity contribution in [2.45, 2.75) is 26.2 Å². The molecule has 2 nitrogen and oxygen atoms in total. The Morgan fingerprint density at radius 1 is 0.857 bits per heavy atom. The molecule has 0 saturated carbocycles. The summed E-state index contributed by atoms with van der Waals surface area (Å²) in [6.07, 6.45) is 0. The van der Waals surface area contributed by atoms with Gasteiger partial charge in [-0.3, -0.25) is 0 Å². The Bertz CT molecular complexity index is 571. The van der Waals surface area contributed by atoms with Crippen molar-refractivity contribution in [3.05, 3.63) is 58.6 Å². The van der Waals surface area contributed by atoms with Crippen molar-refractivity contribution in [2.75, 3.05) is 13.2 Å². The summed E-state index contributed by atoms with van der Waals surface area (Å²) < 4.78 is 12.6. The molecule has 0 N–H and O–H groups in total. The smallest absolute Gasteiger partial charge is 0.123 e. The fourth-order valence-electron chi connectivity index (χ4n) is 2.05. The Kier molecular flexibility index (Phi) is 5.29. The van der Waals surface area contributed by atoms with Gasteiger partial charge in [0.1, 0.15) is 24.7 Å².